The van der Waals surface area contributed by atoms with Crippen LogP contribution >= 0.6 is 0 Å². The van der Waals surface area contributed by atoms with Crippen LogP contribution in [0.25, 0.3) is 0 Å². The molecule has 0 aromatic rings. The zero-order valence-electron chi connectivity index (χ0n) is 2.40. The Labute approximate surface area is 53.0 Å². The molecule has 0 aliphatic rings. The Hall–Kier alpha value is 1.21. The number of nitrogens with two attached hydrogens (primary N) is 1. The second-order valence-electron chi connectivity index (χ2n) is 0. The van der Waals surface area contributed by atoms with Crippen molar-refractivity contribution in [2.45, 2.75) is 0 Å². The van der Waals surface area contributed by atoms with Crippen molar-refractivity contribution in [2.75, 3.05) is 0 Å². The Morgan fingerprint density at radius 1 is 1.25 bits per heavy atom. The Kier molecular flexibility index (Phi) is 140. The molecule has 0 heterocycles. The van der Waals surface area contributed by atoms with E-state index in [1.54, 1.807) is 0 Å². The topological polar surface area (TPSA) is 46.2 Å². The minimum atomic E-state index is 0. The molecule has 0 amide bonds. The molecule has 0 spiro atoms. The van der Waals surface area contributed by atoms with E-state index in [4.69, 9.17) is 5.21 Å². The predicted molar refractivity (Wildman–Crippen MR) is 5.97 cm³/mol. The molecule has 0 rings (SSSR count). The minimum Gasteiger partial charge on any atom is -1.00 e. The summed E-state index contributed by atoms with van der Waals surface area (Å²) in [5.41, 5.74) is 0. The average Bonchev–Trinajstić information content (AvgIpc) is 1.00. The maximum absolute atomic E-state index is 6.50. The molecule has 0 radical (unpaired) electrons. The van der Waals surface area contributed by atoms with Crippen LogP contribution in [0, 0.1) is 0 Å². The normalized spacial score (nSPS) is 1.50. The smallest absolute Gasteiger partial charge is 1.00 e. The molecule has 3 N–H and O–H groups in total. The van der Waals surface area contributed by atoms with E-state index in [0.29, 0.717) is 0 Å². The van der Waals surface area contributed by atoms with Crippen molar-refractivity contribution in [2.24, 2.45) is 5.90 Å². The molecule has 0 aromatic carbocycles. The van der Waals surface area contributed by atoms with Crippen molar-refractivity contribution < 1.29 is 47.2 Å². The Morgan fingerprint density at radius 2 is 1.25 bits per heavy atom. The molecule has 0 aromatic heterocycles. The van der Waals surface area contributed by atoms with Crippen LogP contribution in [0.1, 0.15) is 0 Å². The maximum Gasteiger partial charge on any atom is 1.00 e. The van der Waals surface area contributed by atoms with E-state index in [9.17, 15) is 0 Å². The predicted octanol–water partition coefficient (Wildman–Crippen LogP) is -6.66. The van der Waals surface area contributed by atoms with E-state index in [-0.39, 0.29) is 42.0 Å². The van der Waals surface area contributed by atoms with Crippen LogP contribution in [0.4, 0.5) is 0 Å². The molecule has 0 atom stereocenters. The molecule has 22 valence electrons. The van der Waals surface area contributed by atoms with Crippen molar-refractivity contribution in [3.8, 4) is 0 Å². The maximum atomic E-state index is 6.50. The van der Waals surface area contributed by atoms with Crippen LogP contribution in [-0.4, -0.2) is 5.21 Å². The van der Waals surface area contributed by atoms with Gasteiger partial charge in [0.15, 0.2) is 0 Å². The van der Waals surface area contributed by atoms with Crippen LogP contribution in [0.3, 0.4) is 0 Å². The van der Waals surface area contributed by atoms with Gasteiger partial charge in [-0.15, -0.1) is 0 Å². The van der Waals surface area contributed by atoms with E-state index in [1.807, 2.05) is 0 Å². The van der Waals surface area contributed by atoms with Crippen molar-refractivity contribution in [1.82, 2.24) is 0 Å². The first-order valence-electron chi connectivity index (χ1n) is 0.258. The van der Waals surface area contributed by atoms with Gasteiger partial charge in [0.05, 0.1) is 0 Å². The first-order valence-corrected chi connectivity index (χ1v) is 0.258. The molecule has 4 heavy (non-hydrogen) atoms. The standard InChI is InChI=1S/ClH.H3NO.Na/c;1-2;/h1H;2H,1H2;/q;;+1/p-1. The Bertz CT molecular complexity index is 8.00. The van der Waals surface area contributed by atoms with E-state index in [2.05, 4.69) is 5.90 Å². The van der Waals surface area contributed by atoms with Crippen LogP contribution in [0.2, 0.25) is 0 Å². The second kappa shape index (κ2) is 29.6. The third-order valence-electron chi connectivity index (χ3n) is 0. The summed E-state index contributed by atoms with van der Waals surface area (Å²) in [4.78, 5) is 0. The summed E-state index contributed by atoms with van der Waals surface area (Å²) in [5.74, 6) is 3.50. The molecular weight excluding hydrogens is 88.4 g/mol. The summed E-state index contributed by atoms with van der Waals surface area (Å²) >= 11 is 0. The van der Waals surface area contributed by atoms with Gasteiger partial charge in [-0.05, 0) is 0 Å². The number of hydrogen-bond donors (Lipinski definition) is 2. The van der Waals surface area contributed by atoms with E-state index in [1.165, 1.54) is 0 Å². The van der Waals surface area contributed by atoms with Gasteiger partial charge in [0, 0.05) is 0 Å². The summed E-state index contributed by atoms with van der Waals surface area (Å²) in [6.45, 7) is 0. The Morgan fingerprint density at radius 3 is 1.25 bits per heavy atom. The SMILES string of the molecule is NO.[Cl-].[Na+]. The molecule has 4 heteroatoms. The van der Waals surface area contributed by atoms with Crippen molar-refractivity contribution in [3.63, 3.8) is 0 Å². The number of rotatable bonds is 0. The molecule has 0 unspecified atom stereocenters. The van der Waals surface area contributed by atoms with Crippen LogP contribution < -0.4 is 47.9 Å². The van der Waals surface area contributed by atoms with Gasteiger partial charge in [-0.3, -0.25) is 0 Å². The summed E-state index contributed by atoms with van der Waals surface area (Å²) in [6, 6.07) is 0. The number of halogens is 1. The van der Waals surface area contributed by atoms with Gasteiger partial charge in [-0.25, -0.2) is 5.90 Å². The van der Waals surface area contributed by atoms with Gasteiger partial charge in [-0.2, -0.15) is 0 Å². The van der Waals surface area contributed by atoms with E-state index >= 15 is 0 Å². The Balaban J connectivity index is -0.00000000500. The summed E-state index contributed by atoms with van der Waals surface area (Å²) < 4.78 is 0. The molecule has 0 bridgehead atoms. The zero-order valence-corrected chi connectivity index (χ0v) is 5.16. The monoisotopic (exact) mass is 91.0 g/mol. The van der Waals surface area contributed by atoms with Gasteiger partial charge in [0.25, 0.3) is 0 Å². The summed E-state index contributed by atoms with van der Waals surface area (Å²) in [5, 5.41) is 6.50. The number of hydrogen-bond acceptors (Lipinski definition) is 2. The first kappa shape index (κ1) is 18.9. The quantitative estimate of drug-likeness (QED) is 0.230. The van der Waals surface area contributed by atoms with Crippen molar-refractivity contribution >= 4 is 0 Å². The molecular formula is H3ClNNaO. The molecule has 0 aliphatic carbocycles. The van der Waals surface area contributed by atoms with Crippen LogP contribution in [-0.2, 0) is 0 Å². The van der Waals surface area contributed by atoms with Crippen molar-refractivity contribution in [1.29, 1.82) is 0 Å². The first-order chi connectivity index (χ1) is 1.00. The fourth-order valence-electron chi connectivity index (χ4n) is 0. The van der Waals surface area contributed by atoms with Gasteiger partial charge < -0.3 is 17.6 Å². The summed E-state index contributed by atoms with van der Waals surface area (Å²) in [7, 11) is 0. The fraction of sp³-hybridized carbons (Fsp3) is 0. The fourth-order valence-corrected chi connectivity index (χ4v) is 0. The largest absolute Gasteiger partial charge is 1.00 e. The van der Waals surface area contributed by atoms with E-state index in [0.717, 1.165) is 0 Å². The van der Waals surface area contributed by atoms with E-state index < -0.39 is 0 Å². The molecule has 0 aliphatic heterocycles. The van der Waals surface area contributed by atoms with Crippen LogP contribution in [0.15, 0.2) is 0 Å². The summed E-state index contributed by atoms with van der Waals surface area (Å²) in [6.07, 6.45) is 0. The third-order valence-corrected chi connectivity index (χ3v) is 0. The molecule has 0 saturated carbocycles. The average molecular weight is 91.5 g/mol. The van der Waals surface area contributed by atoms with Gasteiger partial charge in [0.1, 0.15) is 0 Å². The molecule has 2 nitrogen and oxygen atoms in total. The molecule has 0 saturated heterocycles. The third kappa shape index (κ3) is 10.7. The van der Waals surface area contributed by atoms with Crippen LogP contribution in [0.5, 0.6) is 0 Å². The second-order valence-corrected chi connectivity index (χ2v) is 0. The van der Waals surface area contributed by atoms with Gasteiger partial charge in [-0.1, -0.05) is 0 Å². The minimum absolute atomic E-state index is 0. The van der Waals surface area contributed by atoms with Crippen molar-refractivity contribution in [3.05, 3.63) is 0 Å². The van der Waals surface area contributed by atoms with Gasteiger partial charge in [0.2, 0.25) is 0 Å². The zero-order chi connectivity index (χ0) is 2.00. The van der Waals surface area contributed by atoms with Gasteiger partial charge >= 0.3 is 29.6 Å². The molecule has 0 fully saturated rings.